The molecule has 1 aliphatic rings. The highest BCUT2D eigenvalue weighted by atomic mass is 16.4. The Bertz CT molecular complexity index is 1090. The average Bonchev–Trinajstić information content (AvgIpc) is 2.84. The third-order valence-corrected chi connectivity index (χ3v) is 5.62. The van der Waals surface area contributed by atoms with Gasteiger partial charge in [-0.25, -0.2) is 4.79 Å². The van der Waals surface area contributed by atoms with Gasteiger partial charge in [0.15, 0.2) is 0 Å². The first kappa shape index (κ1) is 24.5. The molecule has 0 aliphatic carbocycles. The summed E-state index contributed by atoms with van der Waals surface area (Å²) in [6, 6.07) is 13.0. The second-order valence-corrected chi connectivity index (χ2v) is 7.93. The molecule has 0 atom stereocenters. The van der Waals surface area contributed by atoms with Gasteiger partial charge >= 0.3 is 5.97 Å². The van der Waals surface area contributed by atoms with E-state index in [0.29, 0.717) is 17.9 Å². The SMILES string of the molecule is CCCCCN(C=O)c1ccc(N2CCC(C(=N)C(=O)O)=C(Nc3ccc(O)cc3)C2=O)cc1. The number of phenols is 1. The number of aliphatic carboxylic acids is 1. The quantitative estimate of drug-likeness (QED) is 0.173. The van der Waals surface area contributed by atoms with Gasteiger partial charge in [-0.1, -0.05) is 19.8 Å². The predicted molar refractivity (Wildman–Crippen MR) is 130 cm³/mol. The zero-order valence-corrected chi connectivity index (χ0v) is 19.0. The van der Waals surface area contributed by atoms with Crippen molar-refractivity contribution in [3.8, 4) is 5.75 Å². The molecule has 9 nitrogen and oxygen atoms in total. The Kier molecular flexibility index (Phi) is 8.02. The minimum absolute atomic E-state index is 0.00231. The molecule has 0 aromatic heterocycles. The van der Waals surface area contributed by atoms with Crippen LogP contribution in [0.4, 0.5) is 17.1 Å². The van der Waals surface area contributed by atoms with Crippen LogP contribution in [0.3, 0.4) is 0 Å². The summed E-state index contributed by atoms with van der Waals surface area (Å²) < 4.78 is 0. The van der Waals surface area contributed by atoms with Gasteiger partial charge in [0.1, 0.15) is 17.2 Å². The molecule has 0 spiro atoms. The largest absolute Gasteiger partial charge is 0.508 e. The first-order chi connectivity index (χ1) is 16.3. The summed E-state index contributed by atoms with van der Waals surface area (Å²) in [4.78, 5) is 39.5. The number of nitrogens with one attached hydrogen (secondary N) is 2. The van der Waals surface area contributed by atoms with Crippen LogP contribution in [0.2, 0.25) is 0 Å². The van der Waals surface area contributed by atoms with E-state index < -0.39 is 17.6 Å². The number of anilines is 3. The van der Waals surface area contributed by atoms with Gasteiger partial charge in [-0.2, -0.15) is 0 Å². The maximum absolute atomic E-state index is 13.4. The monoisotopic (exact) mass is 464 g/mol. The van der Waals surface area contributed by atoms with E-state index in [1.165, 1.54) is 17.0 Å². The Labute approximate surface area is 197 Å². The van der Waals surface area contributed by atoms with Crippen LogP contribution < -0.4 is 15.1 Å². The van der Waals surface area contributed by atoms with Gasteiger partial charge in [0.05, 0.1) is 0 Å². The van der Waals surface area contributed by atoms with Gasteiger partial charge in [-0.15, -0.1) is 0 Å². The molecule has 2 amide bonds. The summed E-state index contributed by atoms with van der Waals surface area (Å²) in [5, 5.41) is 29.7. The van der Waals surface area contributed by atoms with Gasteiger partial charge in [-0.3, -0.25) is 15.0 Å². The number of hydrogen-bond acceptors (Lipinski definition) is 6. The van der Waals surface area contributed by atoms with E-state index in [1.807, 2.05) is 0 Å². The molecule has 0 saturated carbocycles. The second-order valence-electron chi connectivity index (χ2n) is 7.93. The fourth-order valence-corrected chi connectivity index (χ4v) is 3.76. The summed E-state index contributed by atoms with van der Waals surface area (Å²) in [6.45, 7) is 2.92. The maximum Gasteiger partial charge on any atom is 0.354 e. The summed E-state index contributed by atoms with van der Waals surface area (Å²) in [6.07, 6.45) is 3.95. The third-order valence-electron chi connectivity index (χ3n) is 5.62. The molecule has 2 aromatic carbocycles. The number of carbonyl (C=O) groups excluding carboxylic acids is 2. The average molecular weight is 465 g/mol. The first-order valence-electron chi connectivity index (χ1n) is 11.1. The lowest BCUT2D eigenvalue weighted by Gasteiger charge is -2.31. The molecule has 1 heterocycles. The molecule has 2 aromatic rings. The molecule has 3 rings (SSSR count). The van der Waals surface area contributed by atoms with Crippen LogP contribution >= 0.6 is 0 Å². The molecular formula is C25H28N4O5. The van der Waals surface area contributed by atoms with Crippen LogP contribution in [0.15, 0.2) is 59.8 Å². The number of aromatic hydroxyl groups is 1. The third kappa shape index (κ3) is 5.61. The predicted octanol–water partition coefficient (Wildman–Crippen LogP) is 3.75. The fourth-order valence-electron chi connectivity index (χ4n) is 3.76. The molecule has 0 saturated heterocycles. The van der Waals surface area contributed by atoms with Crippen LogP contribution in [-0.2, 0) is 14.4 Å². The van der Waals surface area contributed by atoms with Crippen molar-refractivity contribution in [1.82, 2.24) is 0 Å². The summed E-state index contributed by atoms with van der Waals surface area (Å²) in [5.41, 5.74) is 1.27. The van der Waals surface area contributed by atoms with E-state index in [0.717, 1.165) is 31.4 Å². The van der Waals surface area contributed by atoms with Gasteiger partial charge in [0.2, 0.25) is 6.41 Å². The number of carbonyl (C=O) groups is 3. The Morgan fingerprint density at radius 1 is 1.15 bits per heavy atom. The normalized spacial score (nSPS) is 13.6. The number of nitrogens with zero attached hydrogens (tertiary/aromatic N) is 2. The Balaban J connectivity index is 1.87. The van der Waals surface area contributed by atoms with Crippen molar-refractivity contribution in [2.24, 2.45) is 0 Å². The van der Waals surface area contributed by atoms with Gasteiger partial charge < -0.3 is 25.3 Å². The van der Waals surface area contributed by atoms with Gasteiger partial charge in [0, 0.05) is 35.7 Å². The van der Waals surface area contributed by atoms with E-state index >= 15 is 0 Å². The first-order valence-corrected chi connectivity index (χ1v) is 11.1. The van der Waals surface area contributed by atoms with Crippen molar-refractivity contribution in [2.75, 3.05) is 28.2 Å². The molecule has 9 heteroatoms. The minimum atomic E-state index is -1.41. The fraction of sp³-hybridized carbons (Fsp3) is 0.280. The molecule has 34 heavy (non-hydrogen) atoms. The molecule has 0 bridgehead atoms. The van der Waals surface area contributed by atoms with Crippen molar-refractivity contribution in [1.29, 1.82) is 5.41 Å². The molecule has 0 unspecified atom stereocenters. The molecule has 0 radical (unpaired) electrons. The molecular weight excluding hydrogens is 436 g/mol. The number of unbranched alkanes of at least 4 members (excludes halogenated alkanes) is 2. The number of rotatable bonds is 11. The Morgan fingerprint density at radius 2 is 1.82 bits per heavy atom. The standard InChI is InChI=1S/C25H28N4O5/c1-2-3-4-14-28(16-30)18-7-9-19(10-8-18)29-15-13-21(22(26)25(33)34)23(24(29)32)27-17-5-11-20(31)12-6-17/h5-12,16,26-27,31H,2-4,13-15H2,1H3,(H,33,34). The lowest BCUT2D eigenvalue weighted by Crippen LogP contribution is -2.41. The van der Waals surface area contributed by atoms with E-state index in [1.54, 1.807) is 41.3 Å². The van der Waals surface area contributed by atoms with Crippen molar-refractivity contribution >= 4 is 41.1 Å². The highest BCUT2D eigenvalue weighted by Gasteiger charge is 2.32. The number of benzene rings is 2. The topological polar surface area (TPSA) is 134 Å². The van der Waals surface area contributed by atoms with Crippen LogP contribution in [0.5, 0.6) is 5.75 Å². The highest BCUT2D eigenvalue weighted by molar-refractivity contribution is 6.42. The van der Waals surface area contributed by atoms with Crippen molar-refractivity contribution in [2.45, 2.75) is 32.6 Å². The Hall–Kier alpha value is -4.14. The molecule has 4 N–H and O–H groups in total. The van der Waals surface area contributed by atoms with E-state index in [4.69, 9.17) is 5.41 Å². The van der Waals surface area contributed by atoms with Gasteiger partial charge in [0.25, 0.3) is 5.91 Å². The second kappa shape index (κ2) is 11.1. The van der Waals surface area contributed by atoms with Crippen molar-refractivity contribution in [3.63, 3.8) is 0 Å². The van der Waals surface area contributed by atoms with E-state index in [-0.39, 0.29) is 30.0 Å². The maximum atomic E-state index is 13.4. The lowest BCUT2D eigenvalue weighted by atomic mass is 9.98. The van der Waals surface area contributed by atoms with Crippen LogP contribution in [0.1, 0.15) is 32.6 Å². The number of amides is 2. The summed E-state index contributed by atoms with van der Waals surface area (Å²) >= 11 is 0. The van der Waals surface area contributed by atoms with Crippen molar-refractivity contribution in [3.05, 3.63) is 59.8 Å². The number of hydrogen-bond donors (Lipinski definition) is 4. The van der Waals surface area contributed by atoms with Crippen LogP contribution in [-0.4, -0.2) is 47.3 Å². The summed E-state index contributed by atoms with van der Waals surface area (Å²) in [7, 11) is 0. The van der Waals surface area contributed by atoms with Crippen molar-refractivity contribution < 1.29 is 24.6 Å². The lowest BCUT2D eigenvalue weighted by molar-refractivity contribution is -0.129. The van der Waals surface area contributed by atoms with E-state index in [9.17, 15) is 24.6 Å². The van der Waals surface area contributed by atoms with E-state index in [2.05, 4.69) is 12.2 Å². The number of carboxylic acid groups (broad SMARTS) is 1. The van der Waals surface area contributed by atoms with Gasteiger partial charge in [-0.05, 0) is 61.4 Å². The number of carboxylic acids is 1. The zero-order valence-electron chi connectivity index (χ0n) is 19.0. The molecule has 0 fully saturated rings. The summed E-state index contributed by atoms with van der Waals surface area (Å²) in [5.74, 6) is -1.83. The number of phenolic OH excluding ortho intramolecular Hbond substituents is 1. The molecule has 178 valence electrons. The Morgan fingerprint density at radius 3 is 2.41 bits per heavy atom. The smallest absolute Gasteiger partial charge is 0.354 e. The molecule has 1 aliphatic heterocycles. The zero-order chi connectivity index (χ0) is 24.7. The van der Waals surface area contributed by atoms with Crippen LogP contribution in [0.25, 0.3) is 0 Å². The highest BCUT2D eigenvalue weighted by Crippen LogP contribution is 2.29. The minimum Gasteiger partial charge on any atom is -0.508 e. The van der Waals surface area contributed by atoms with Crippen LogP contribution in [0, 0.1) is 5.41 Å².